The molecule has 0 bridgehead atoms. The fourth-order valence-corrected chi connectivity index (χ4v) is 1.61. The van der Waals surface area contributed by atoms with Crippen LogP contribution in [-0.2, 0) is 0 Å². The molecule has 0 amide bonds. The fraction of sp³-hybridized carbons (Fsp3) is 0.273. The molecular formula is C11H14ClN. The average Bonchev–Trinajstić information content (AvgIpc) is 2.57. The second-order valence-corrected chi connectivity index (χ2v) is 3.18. The van der Waals surface area contributed by atoms with Crippen LogP contribution in [0.3, 0.4) is 0 Å². The summed E-state index contributed by atoms with van der Waals surface area (Å²) < 4.78 is 0. The second-order valence-electron chi connectivity index (χ2n) is 3.18. The molecule has 0 aliphatic carbocycles. The number of halogens is 1. The van der Waals surface area contributed by atoms with E-state index in [2.05, 4.69) is 42.6 Å². The van der Waals surface area contributed by atoms with Gasteiger partial charge in [-0.05, 0) is 23.6 Å². The van der Waals surface area contributed by atoms with Crippen molar-refractivity contribution in [1.82, 2.24) is 5.32 Å². The Bertz CT molecular complexity index is 318. The van der Waals surface area contributed by atoms with E-state index in [1.807, 2.05) is 0 Å². The van der Waals surface area contributed by atoms with Crippen LogP contribution in [-0.4, -0.2) is 13.1 Å². The van der Waals surface area contributed by atoms with Gasteiger partial charge in [-0.2, -0.15) is 0 Å². The monoisotopic (exact) mass is 195 g/mol. The van der Waals surface area contributed by atoms with Gasteiger partial charge in [0.05, 0.1) is 0 Å². The molecule has 70 valence electrons. The third kappa shape index (κ3) is 2.11. The molecule has 2 heteroatoms. The second kappa shape index (κ2) is 4.45. The van der Waals surface area contributed by atoms with E-state index >= 15 is 0 Å². The van der Waals surface area contributed by atoms with Crippen LogP contribution in [0.1, 0.15) is 11.1 Å². The molecule has 1 aromatic rings. The maximum atomic E-state index is 3.31. The van der Waals surface area contributed by atoms with Crippen LogP contribution in [0, 0.1) is 6.92 Å². The Balaban J connectivity index is 0.000000845. The van der Waals surface area contributed by atoms with Crippen molar-refractivity contribution < 1.29 is 0 Å². The van der Waals surface area contributed by atoms with Gasteiger partial charge in [0.1, 0.15) is 0 Å². The molecule has 0 unspecified atom stereocenters. The summed E-state index contributed by atoms with van der Waals surface area (Å²) >= 11 is 0. The van der Waals surface area contributed by atoms with Crippen molar-refractivity contribution in [2.24, 2.45) is 0 Å². The number of hydrogen-bond acceptors (Lipinski definition) is 1. The molecule has 0 atom stereocenters. The van der Waals surface area contributed by atoms with Gasteiger partial charge in [0.25, 0.3) is 0 Å². The minimum Gasteiger partial charge on any atom is -0.309 e. The molecule has 0 saturated heterocycles. The number of benzene rings is 1. The summed E-state index contributed by atoms with van der Waals surface area (Å²) in [5, 5.41) is 3.31. The molecule has 0 aromatic heterocycles. The summed E-state index contributed by atoms with van der Waals surface area (Å²) in [6.07, 6.45) is 2.27. The molecule has 1 aliphatic rings. The Morgan fingerprint density at radius 1 is 1.23 bits per heavy atom. The first-order valence-electron chi connectivity index (χ1n) is 4.33. The third-order valence-electron chi connectivity index (χ3n) is 2.30. The molecule has 1 nitrogen and oxygen atoms in total. The molecule has 1 heterocycles. The molecule has 0 saturated carbocycles. The van der Waals surface area contributed by atoms with E-state index in [0.717, 1.165) is 13.1 Å². The van der Waals surface area contributed by atoms with Gasteiger partial charge < -0.3 is 5.32 Å². The lowest BCUT2D eigenvalue weighted by atomic mass is 10.0. The van der Waals surface area contributed by atoms with E-state index in [1.54, 1.807) is 0 Å². The lowest BCUT2D eigenvalue weighted by Crippen LogP contribution is -2.07. The van der Waals surface area contributed by atoms with Gasteiger partial charge in [-0.25, -0.2) is 0 Å². The van der Waals surface area contributed by atoms with E-state index in [0.29, 0.717) is 0 Å². The van der Waals surface area contributed by atoms with Crippen molar-refractivity contribution in [3.63, 3.8) is 0 Å². The van der Waals surface area contributed by atoms with Crippen molar-refractivity contribution in [2.75, 3.05) is 13.1 Å². The number of nitrogens with one attached hydrogen (secondary N) is 1. The van der Waals surface area contributed by atoms with Crippen molar-refractivity contribution in [3.05, 3.63) is 41.5 Å². The van der Waals surface area contributed by atoms with Crippen LogP contribution in [0.15, 0.2) is 30.3 Å². The van der Waals surface area contributed by atoms with Crippen LogP contribution in [0.2, 0.25) is 0 Å². The minimum absolute atomic E-state index is 0. The molecule has 13 heavy (non-hydrogen) atoms. The number of hydrogen-bond donors (Lipinski definition) is 1. The fourth-order valence-electron chi connectivity index (χ4n) is 1.61. The quantitative estimate of drug-likeness (QED) is 0.726. The van der Waals surface area contributed by atoms with Crippen molar-refractivity contribution in [1.29, 1.82) is 0 Å². The smallest absolute Gasteiger partial charge is 0.0211 e. The first-order chi connectivity index (χ1) is 5.88. The summed E-state index contributed by atoms with van der Waals surface area (Å²) in [7, 11) is 0. The Morgan fingerprint density at radius 2 is 2.00 bits per heavy atom. The number of rotatable bonds is 1. The Hall–Kier alpha value is -0.790. The van der Waals surface area contributed by atoms with Crippen LogP contribution < -0.4 is 5.32 Å². The zero-order valence-corrected chi connectivity index (χ0v) is 8.53. The van der Waals surface area contributed by atoms with Crippen LogP contribution in [0.4, 0.5) is 0 Å². The maximum Gasteiger partial charge on any atom is 0.0211 e. The standard InChI is InChI=1S/C11H13N.ClH/c1-9-4-2-3-5-11(9)10-6-7-12-8-10;/h2-6,12H,7-8H2,1H3;1H. The normalized spacial score (nSPS) is 15.0. The number of aryl methyl sites for hydroxylation is 1. The van der Waals surface area contributed by atoms with E-state index in [9.17, 15) is 0 Å². The molecule has 1 N–H and O–H groups in total. The molecule has 0 fully saturated rings. The summed E-state index contributed by atoms with van der Waals surface area (Å²) in [5.74, 6) is 0. The van der Waals surface area contributed by atoms with Gasteiger partial charge in [0, 0.05) is 13.1 Å². The first kappa shape index (κ1) is 10.3. The minimum atomic E-state index is 0. The SMILES string of the molecule is Cc1ccccc1C1=CCNC1.Cl. The highest BCUT2D eigenvalue weighted by atomic mass is 35.5. The summed E-state index contributed by atoms with van der Waals surface area (Å²) in [6, 6.07) is 8.53. The van der Waals surface area contributed by atoms with Crippen LogP contribution in [0.25, 0.3) is 5.57 Å². The van der Waals surface area contributed by atoms with Gasteiger partial charge in [-0.1, -0.05) is 30.3 Å². The molecule has 1 aromatic carbocycles. The third-order valence-corrected chi connectivity index (χ3v) is 2.30. The highest BCUT2D eigenvalue weighted by Gasteiger charge is 2.07. The van der Waals surface area contributed by atoms with Gasteiger partial charge >= 0.3 is 0 Å². The van der Waals surface area contributed by atoms with Crippen LogP contribution in [0.5, 0.6) is 0 Å². The van der Waals surface area contributed by atoms with E-state index < -0.39 is 0 Å². The average molecular weight is 196 g/mol. The lowest BCUT2D eigenvalue weighted by molar-refractivity contribution is 0.897. The predicted molar refractivity (Wildman–Crippen MR) is 59.3 cm³/mol. The largest absolute Gasteiger partial charge is 0.309 e. The molecule has 0 radical (unpaired) electrons. The first-order valence-corrected chi connectivity index (χ1v) is 4.33. The summed E-state index contributed by atoms with van der Waals surface area (Å²) in [5.41, 5.74) is 4.20. The molecule has 0 spiro atoms. The summed E-state index contributed by atoms with van der Waals surface area (Å²) in [4.78, 5) is 0. The van der Waals surface area contributed by atoms with E-state index in [1.165, 1.54) is 16.7 Å². The van der Waals surface area contributed by atoms with Crippen molar-refractivity contribution in [2.45, 2.75) is 6.92 Å². The topological polar surface area (TPSA) is 12.0 Å². The summed E-state index contributed by atoms with van der Waals surface area (Å²) in [6.45, 7) is 4.20. The lowest BCUT2D eigenvalue weighted by Gasteiger charge is -2.04. The van der Waals surface area contributed by atoms with Crippen molar-refractivity contribution >= 4 is 18.0 Å². The molecule has 2 rings (SSSR count). The van der Waals surface area contributed by atoms with Gasteiger partial charge in [-0.3, -0.25) is 0 Å². The van der Waals surface area contributed by atoms with Crippen LogP contribution >= 0.6 is 12.4 Å². The zero-order chi connectivity index (χ0) is 8.39. The Kier molecular flexibility index (Phi) is 3.52. The Labute approximate surface area is 85.3 Å². The highest BCUT2D eigenvalue weighted by Crippen LogP contribution is 2.19. The zero-order valence-electron chi connectivity index (χ0n) is 7.71. The highest BCUT2D eigenvalue weighted by molar-refractivity contribution is 5.85. The molecular weight excluding hydrogens is 182 g/mol. The maximum absolute atomic E-state index is 3.31. The van der Waals surface area contributed by atoms with E-state index in [-0.39, 0.29) is 12.4 Å². The van der Waals surface area contributed by atoms with E-state index in [4.69, 9.17) is 0 Å². The van der Waals surface area contributed by atoms with Crippen molar-refractivity contribution in [3.8, 4) is 0 Å². The Morgan fingerprint density at radius 3 is 2.62 bits per heavy atom. The van der Waals surface area contributed by atoms with Gasteiger partial charge in [0.15, 0.2) is 0 Å². The predicted octanol–water partition coefficient (Wildman–Crippen LogP) is 2.40. The van der Waals surface area contributed by atoms with Gasteiger partial charge in [-0.15, -0.1) is 12.4 Å². The van der Waals surface area contributed by atoms with Gasteiger partial charge in [0.2, 0.25) is 0 Å². The molecule has 1 aliphatic heterocycles.